The first-order chi connectivity index (χ1) is 26.7. The van der Waals surface area contributed by atoms with Gasteiger partial charge in [-0.25, -0.2) is 9.36 Å². The fourth-order valence-corrected chi connectivity index (χ4v) is 10.9. The molecule has 7 unspecified atom stereocenters. The lowest BCUT2D eigenvalue weighted by Gasteiger charge is -2.64. The number of carbonyl (C=O) groups excluding carboxylic acids is 3. The third-order valence-corrected chi connectivity index (χ3v) is 13.3. The van der Waals surface area contributed by atoms with E-state index in [1.165, 1.54) is 7.11 Å². The van der Waals surface area contributed by atoms with Crippen LogP contribution >= 0.6 is 7.82 Å². The summed E-state index contributed by atoms with van der Waals surface area (Å²) in [6, 6.07) is -0.639. The molecule has 14 heteroatoms. The molecule has 7 atom stereocenters. The van der Waals surface area contributed by atoms with Gasteiger partial charge in [-0.1, -0.05) is 29.4 Å². The molecule has 0 amide bonds. The van der Waals surface area contributed by atoms with Crippen molar-refractivity contribution in [2.24, 2.45) is 17.8 Å². The summed E-state index contributed by atoms with van der Waals surface area (Å²) < 4.78 is 50.6. The molecule has 0 aromatic heterocycles. The molecular formula is C43H56NO12P. The van der Waals surface area contributed by atoms with E-state index in [-0.39, 0.29) is 52.6 Å². The molecule has 4 aliphatic heterocycles. The molecule has 1 aromatic carbocycles. The summed E-state index contributed by atoms with van der Waals surface area (Å²) in [5.74, 6) is -3.38. The number of Topliss-reactive ketones (excluding diaryl/α,β-unsaturated/α-hetero) is 2. The van der Waals surface area contributed by atoms with E-state index in [4.69, 9.17) is 28.2 Å². The predicted molar refractivity (Wildman–Crippen MR) is 211 cm³/mol. The van der Waals surface area contributed by atoms with Gasteiger partial charge in [-0.05, 0) is 93.2 Å². The van der Waals surface area contributed by atoms with Crippen molar-refractivity contribution in [3.8, 4) is 17.2 Å². The maximum Gasteiger partial charge on any atom is 0.524 e. The zero-order valence-electron chi connectivity index (χ0n) is 34.4. The summed E-state index contributed by atoms with van der Waals surface area (Å²) >= 11 is 0. The fraction of sp³-hybridized carbons (Fsp3) is 0.605. The van der Waals surface area contributed by atoms with Crippen molar-refractivity contribution in [3.05, 3.63) is 57.7 Å². The number of ether oxygens (including phenoxy) is 5. The minimum atomic E-state index is -5.27. The summed E-state index contributed by atoms with van der Waals surface area (Å²) in [5.41, 5.74) is -2.09. The zero-order chi connectivity index (χ0) is 41.5. The van der Waals surface area contributed by atoms with E-state index in [2.05, 4.69) is 11.0 Å². The molecule has 310 valence electrons. The second-order valence-corrected chi connectivity index (χ2v) is 18.8. The van der Waals surface area contributed by atoms with Crippen molar-refractivity contribution < 1.29 is 56.9 Å². The lowest BCUT2D eigenvalue weighted by molar-refractivity contribution is -0.216. The van der Waals surface area contributed by atoms with E-state index in [0.717, 1.165) is 11.1 Å². The Balaban J connectivity index is 1.54. The average molecular weight is 810 g/mol. The number of hydrogen-bond donors (Lipinski definition) is 2. The minimum absolute atomic E-state index is 0.0520. The summed E-state index contributed by atoms with van der Waals surface area (Å²) in [6.45, 7) is 17.1. The van der Waals surface area contributed by atoms with E-state index >= 15 is 9.59 Å². The fourth-order valence-electron chi connectivity index (χ4n) is 10.5. The van der Waals surface area contributed by atoms with Gasteiger partial charge in [0.25, 0.3) is 0 Å². The summed E-state index contributed by atoms with van der Waals surface area (Å²) in [7, 11) is -3.99. The Morgan fingerprint density at radius 2 is 1.68 bits per heavy atom. The van der Waals surface area contributed by atoms with Gasteiger partial charge in [0, 0.05) is 48.5 Å². The van der Waals surface area contributed by atoms with Crippen molar-refractivity contribution in [3.63, 3.8) is 0 Å². The third kappa shape index (κ3) is 6.76. The molecular weight excluding hydrogens is 753 g/mol. The molecule has 8 rings (SSSR count). The Morgan fingerprint density at radius 1 is 1.00 bits per heavy atom. The minimum Gasteiger partial charge on any atom is -0.482 e. The normalized spacial score (nSPS) is 32.4. The molecule has 2 saturated heterocycles. The maximum absolute atomic E-state index is 16.0. The molecule has 1 spiro atoms. The van der Waals surface area contributed by atoms with Gasteiger partial charge in [-0.15, -0.1) is 0 Å². The van der Waals surface area contributed by atoms with Crippen LogP contribution in [0.2, 0.25) is 0 Å². The van der Waals surface area contributed by atoms with Crippen LogP contribution in [0.25, 0.3) is 6.08 Å². The quantitative estimate of drug-likeness (QED) is 0.108. The van der Waals surface area contributed by atoms with E-state index in [0.29, 0.717) is 51.1 Å². The van der Waals surface area contributed by atoms with Gasteiger partial charge in [0.1, 0.15) is 22.7 Å². The number of phosphoric acid groups is 1. The van der Waals surface area contributed by atoms with Crippen LogP contribution in [0.3, 0.4) is 0 Å². The Morgan fingerprint density at radius 3 is 2.32 bits per heavy atom. The SMILES string of the molecule is COC(=O)C(C)=CCC12OC(C)(C)C3CC(C1=O)C(N1CCOCC1)C1C(=O)c4c(OP(=O)(O)O)c5c(c(CC=C(C)C)c4OC132)OC(C)(CCC=C(C)C)C=C5. The second kappa shape index (κ2) is 14.6. The first-order valence-electron chi connectivity index (χ1n) is 19.9. The Kier molecular flexibility index (Phi) is 10.7. The molecule has 2 N–H and O–H groups in total. The van der Waals surface area contributed by atoms with E-state index < -0.39 is 65.8 Å². The highest BCUT2D eigenvalue weighted by Gasteiger charge is 2.86. The Labute approximate surface area is 334 Å². The number of esters is 1. The van der Waals surface area contributed by atoms with E-state index in [9.17, 15) is 19.1 Å². The monoisotopic (exact) mass is 809 g/mol. The van der Waals surface area contributed by atoms with Gasteiger partial charge in [0.05, 0.1) is 37.4 Å². The van der Waals surface area contributed by atoms with Crippen LogP contribution in [0, 0.1) is 17.8 Å². The third-order valence-electron chi connectivity index (χ3n) is 12.9. The molecule has 5 fully saturated rings. The molecule has 3 saturated carbocycles. The molecule has 57 heavy (non-hydrogen) atoms. The lowest BCUT2D eigenvalue weighted by atomic mass is 9.44. The Bertz CT molecular complexity index is 2050. The summed E-state index contributed by atoms with van der Waals surface area (Å²) in [4.78, 5) is 67.0. The van der Waals surface area contributed by atoms with Crippen molar-refractivity contribution in [1.82, 2.24) is 4.90 Å². The number of benzene rings is 1. The number of carbonyl (C=O) groups is 3. The highest BCUT2D eigenvalue weighted by molar-refractivity contribution is 7.46. The van der Waals surface area contributed by atoms with E-state index in [1.54, 1.807) is 19.1 Å². The average Bonchev–Trinajstić information content (AvgIpc) is 3.28. The number of allylic oxidation sites excluding steroid dienone is 4. The van der Waals surface area contributed by atoms with Gasteiger partial charge < -0.3 is 28.2 Å². The lowest BCUT2D eigenvalue weighted by Crippen LogP contribution is -2.82. The molecule has 7 aliphatic rings. The number of phosphoric ester groups is 1. The van der Waals surface area contributed by atoms with Crippen LogP contribution in [0.1, 0.15) is 103 Å². The van der Waals surface area contributed by atoms with Gasteiger partial charge in [0.15, 0.2) is 28.5 Å². The van der Waals surface area contributed by atoms with Gasteiger partial charge >= 0.3 is 13.8 Å². The van der Waals surface area contributed by atoms with Crippen LogP contribution in [0.4, 0.5) is 0 Å². The molecule has 4 heterocycles. The number of hydrogen-bond acceptors (Lipinski definition) is 11. The number of morpholine rings is 1. The second-order valence-electron chi connectivity index (χ2n) is 17.6. The van der Waals surface area contributed by atoms with Crippen LogP contribution in [-0.2, 0) is 34.8 Å². The predicted octanol–water partition coefficient (Wildman–Crippen LogP) is 6.48. The largest absolute Gasteiger partial charge is 0.524 e. The number of rotatable bonds is 11. The van der Waals surface area contributed by atoms with Crippen LogP contribution in [0.5, 0.6) is 17.2 Å². The van der Waals surface area contributed by atoms with Gasteiger partial charge in [-0.3, -0.25) is 24.3 Å². The smallest absolute Gasteiger partial charge is 0.482 e. The number of nitrogens with zero attached hydrogens (tertiary/aromatic N) is 1. The molecule has 13 nitrogen and oxygen atoms in total. The molecule has 3 aliphatic carbocycles. The maximum atomic E-state index is 16.0. The number of methoxy groups -OCH3 is 1. The number of ketones is 2. The van der Waals surface area contributed by atoms with Crippen molar-refractivity contribution in [2.45, 2.75) is 116 Å². The zero-order valence-corrected chi connectivity index (χ0v) is 35.3. The highest BCUT2D eigenvalue weighted by atomic mass is 31.2. The standard InChI is InChI=1S/C43H56NO12P/c1-24(2)11-10-16-41(8)17-15-28-35(53-41)27(13-12-25(3)4)36-31(37(28)55-57(48,49)50)34(45)32-33(44-19-21-52-22-20-44)29-23-30-40(6,7)56-42(38(29)46,43(30,32)54-36)18-14-26(5)39(47)51-9/h11-12,14-15,17,29-30,32-33H,10,13,16,18-23H2,1-9H3,(H2,48,49,50). The topological polar surface area (TPSA) is 167 Å². The van der Waals surface area contributed by atoms with Crippen LogP contribution in [-0.4, -0.2) is 94.1 Å². The van der Waals surface area contributed by atoms with E-state index in [1.807, 2.05) is 60.6 Å². The van der Waals surface area contributed by atoms with Gasteiger partial charge in [0.2, 0.25) is 0 Å². The molecule has 4 bridgehead atoms. The first kappa shape index (κ1) is 41.6. The first-order valence-corrected chi connectivity index (χ1v) is 21.4. The Hall–Kier alpha value is -3.58. The highest BCUT2D eigenvalue weighted by Crippen LogP contribution is 2.71. The molecule has 1 aromatic rings. The van der Waals surface area contributed by atoms with Crippen molar-refractivity contribution in [1.29, 1.82) is 0 Å². The number of fused-ring (bicyclic) bond motifs is 2. The van der Waals surface area contributed by atoms with Crippen molar-refractivity contribution in [2.75, 3.05) is 33.4 Å². The van der Waals surface area contributed by atoms with Crippen molar-refractivity contribution >= 4 is 31.4 Å². The van der Waals surface area contributed by atoms with Crippen LogP contribution < -0.4 is 14.0 Å². The summed E-state index contributed by atoms with van der Waals surface area (Å²) in [6.07, 6.45) is 11.1. The molecule has 0 radical (unpaired) electrons. The van der Waals surface area contributed by atoms with Gasteiger partial charge in [-0.2, -0.15) is 0 Å². The summed E-state index contributed by atoms with van der Waals surface area (Å²) in [5, 5.41) is 0. The van der Waals surface area contributed by atoms with Crippen LogP contribution in [0.15, 0.2) is 41.0 Å².